The summed E-state index contributed by atoms with van der Waals surface area (Å²) in [5, 5.41) is 8.05. The first-order valence-electron chi connectivity index (χ1n) is 4.81. The molecule has 0 heterocycles. The van der Waals surface area contributed by atoms with Crippen molar-refractivity contribution < 1.29 is 0 Å². The molecule has 0 bridgehead atoms. The van der Waals surface area contributed by atoms with Gasteiger partial charge in [0.25, 0.3) is 0 Å². The van der Waals surface area contributed by atoms with Crippen LogP contribution in [-0.2, 0) is 0 Å². The molecule has 0 aliphatic carbocycles. The van der Waals surface area contributed by atoms with Crippen LogP contribution in [0.4, 0.5) is 0 Å². The zero-order valence-corrected chi connectivity index (χ0v) is 10.3. The van der Waals surface area contributed by atoms with Gasteiger partial charge in [-0.1, -0.05) is 50.0 Å². The molecule has 1 N–H and O–H groups in total. The van der Waals surface area contributed by atoms with Gasteiger partial charge in [-0.05, 0) is 7.05 Å². The van der Waals surface area contributed by atoms with E-state index in [2.05, 4.69) is 24.2 Å². The van der Waals surface area contributed by atoms with Gasteiger partial charge >= 0.3 is 0 Å². The van der Waals surface area contributed by atoms with Gasteiger partial charge in [-0.2, -0.15) is 0 Å². The molecule has 0 spiro atoms. The maximum Gasteiger partial charge on any atom is 0.149 e. The molecule has 0 aromatic heterocycles. The highest BCUT2D eigenvalue weighted by Gasteiger charge is 2.22. The highest BCUT2D eigenvalue weighted by molar-refractivity contribution is 6.75. The Balaban J connectivity index is 2.87. The Kier molecular flexibility index (Phi) is 3.11. The first-order valence-corrected chi connectivity index (χ1v) is 8.25. The summed E-state index contributed by atoms with van der Waals surface area (Å²) in [5.74, 6) is 0.629. The standard InChI is InChI=1S/C11H18N2Si/c1-13(14(2,3)4)11(12)10-8-6-5-7-9-10/h5-9,12H,1-4H3. The van der Waals surface area contributed by atoms with Crippen molar-refractivity contribution in [2.75, 3.05) is 7.05 Å². The van der Waals surface area contributed by atoms with Crippen LogP contribution in [0.2, 0.25) is 19.6 Å². The summed E-state index contributed by atoms with van der Waals surface area (Å²) in [6, 6.07) is 9.90. The Morgan fingerprint density at radius 3 is 2.07 bits per heavy atom. The zero-order valence-electron chi connectivity index (χ0n) is 9.33. The zero-order chi connectivity index (χ0) is 10.8. The van der Waals surface area contributed by atoms with E-state index in [4.69, 9.17) is 5.41 Å². The minimum atomic E-state index is -1.40. The summed E-state index contributed by atoms with van der Waals surface area (Å²) in [6.45, 7) is 6.72. The van der Waals surface area contributed by atoms with E-state index in [1.807, 2.05) is 37.4 Å². The molecule has 76 valence electrons. The van der Waals surface area contributed by atoms with Crippen LogP contribution in [0.25, 0.3) is 0 Å². The van der Waals surface area contributed by atoms with Gasteiger partial charge in [-0.3, -0.25) is 5.41 Å². The number of rotatable bonds is 2. The minimum Gasteiger partial charge on any atom is -0.386 e. The molecule has 0 amide bonds. The Morgan fingerprint density at radius 2 is 1.64 bits per heavy atom. The molecule has 0 unspecified atom stereocenters. The first-order chi connectivity index (χ1) is 6.43. The maximum atomic E-state index is 8.05. The molecule has 0 aliphatic rings. The van der Waals surface area contributed by atoms with Gasteiger partial charge < -0.3 is 4.57 Å². The number of nitrogens with one attached hydrogen (secondary N) is 1. The molecule has 1 rings (SSSR count). The SMILES string of the molecule is CN(C(=N)c1ccccc1)[Si](C)(C)C. The Bertz CT molecular complexity index is 314. The molecule has 3 heteroatoms. The van der Waals surface area contributed by atoms with E-state index in [0.29, 0.717) is 5.84 Å². The largest absolute Gasteiger partial charge is 0.386 e. The second kappa shape index (κ2) is 3.96. The number of nitrogens with zero attached hydrogens (tertiary/aromatic N) is 1. The predicted molar refractivity (Wildman–Crippen MR) is 64.4 cm³/mol. The summed E-state index contributed by atoms with van der Waals surface area (Å²) in [6.07, 6.45) is 0. The summed E-state index contributed by atoms with van der Waals surface area (Å²) >= 11 is 0. The Morgan fingerprint density at radius 1 is 1.14 bits per heavy atom. The van der Waals surface area contributed by atoms with Crippen LogP contribution in [0.3, 0.4) is 0 Å². The van der Waals surface area contributed by atoms with Gasteiger partial charge in [0.15, 0.2) is 0 Å². The van der Waals surface area contributed by atoms with Crippen LogP contribution >= 0.6 is 0 Å². The minimum absolute atomic E-state index is 0.629. The van der Waals surface area contributed by atoms with E-state index in [-0.39, 0.29) is 0 Å². The Hall–Kier alpha value is -1.09. The molecule has 0 fully saturated rings. The first kappa shape index (κ1) is 11.0. The predicted octanol–water partition coefficient (Wildman–Crippen LogP) is 2.78. The quantitative estimate of drug-likeness (QED) is 0.449. The monoisotopic (exact) mass is 206 g/mol. The van der Waals surface area contributed by atoms with E-state index >= 15 is 0 Å². The third kappa shape index (κ3) is 2.45. The van der Waals surface area contributed by atoms with Gasteiger partial charge in [0.2, 0.25) is 0 Å². The van der Waals surface area contributed by atoms with Gasteiger partial charge in [-0.25, -0.2) is 0 Å². The fourth-order valence-electron chi connectivity index (χ4n) is 1.13. The summed E-state index contributed by atoms with van der Waals surface area (Å²) < 4.78 is 2.11. The van der Waals surface area contributed by atoms with E-state index in [9.17, 15) is 0 Å². The van der Waals surface area contributed by atoms with Gasteiger partial charge in [0.05, 0.1) is 0 Å². The second-order valence-corrected chi connectivity index (χ2v) is 9.46. The highest BCUT2D eigenvalue weighted by Crippen LogP contribution is 2.11. The molecular weight excluding hydrogens is 188 g/mol. The average molecular weight is 206 g/mol. The van der Waals surface area contributed by atoms with Crippen LogP contribution in [0.1, 0.15) is 5.56 Å². The third-order valence-corrected chi connectivity index (χ3v) is 4.62. The van der Waals surface area contributed by atoms with Crippen LogP contribution in [-0.4, -0.2) is 25.7 Å². The van der Waals surface area contributed by atoms with Crippen molar-refractivity contribution in [1.29, 1.82) is 5.41 Å². The number of amidine groups is 1. The molecule has 0 saturated heterocycles. The van der Waals surface area contributed by atoms with Crippen molar-refractivity contribution in [1.82, 2.24) is 4.57 Å². The van der Waals surface area contributed by atoms with Crippen molar-refractivity contribution in [3.63, 3.8) is 0 Å². The maximum absolute atomic E-state index is 8.05. The fraction of sp³-hybridized carbons (Fsp3) is 0.364. The fourth-order valence-corrected chi connectivity index (χ4v) is 1.93. The van der Waals surface area contributed by atoms with Gasteiger partial charge in [0, 0.05) is 5.56 Å². The normalized spacial score (nSPS) is 11.1. The molecule has 14 heavy (non-hydrogen) atoms. The van der Waals surface area contributed by atoms with E-state index < -0.39 is 8.24 Å². The van der Waals surface area contributed by atoms with Crippen LogP contribution in [0.15, 0.2) is 30.3 Å². The molecule has 0 radical (unpaired) electrons. The average Bonchev–Trinajstić information content (AvgIpc) is 2.15. The lowest BCUT2D eigenvalue weighted by Crippen LogP contribution is -2.46. The topological polar surface area (TPSA) is 27.1 Å². The van der Waals surface area contributed by atoms with E-state index in [1.165, 1.54) is 0 Å². The lowest BCUT2D eigenvalue weighted by molar-refractivity contribution is 0.750. The summed E-state index contributed by atoms with van der Waals surface area (Å²) in [4.78, 5) is 0. The van der Waals surface area contributed by atoms with Gasteiger partial charge in [0.1, 0.15) is 14.1 Å². The Labute approximate surface area is 87.2 Å². The molecule has 0 saturated carbocycles. The number of hydrogen-bond acceptors (Lipinski definition) is 1. The van der Waals surface area contributed by atoms with Crippen LogP contribution in [0.5, 0.6) is 0 Å². The van der Waals surface area contributed by atoms with Crippen molar-refractivity contribution in [2.45, 2.75) is 19.6 Å². The van der Waals surface area contributed by atoms with Crippen molar-refractivity contribution in [3.8, 4) is 0 Å². The lowest BCUT2D eigenvalue weighted by atomic mass is 10.2. The van der Waals surface area contributed by atoms with E-state index in [1.54, 1.807) is 0 Å². The molecule has 0 aliphatic heterocycles. The molecule has 1 aromatic rings. The molecule has 2 nitrogen and oxygen atoms in total. The van der Waals surface area contributed by atoms with Gasteiger partial charge in [-0.15, -0.1) is 0 Å². The molecule has 0 atom stereocenters. The molecule has 1 aromatic carbocycles. The second-order valence-electron chi connectivity index (χ2n) is 4.44. The van der Waals surface area contributed by atoms with Crippen molar-refractivity contribution in [3.05, 3.63) is 35.9 Å². The van der Waals surface area contributed by atoms with Crippen molar-refractivity contribution in [2.24, 2.45) is 0 Å². The third-order valence-electron chi connectivity index (χ3n) is 2.39. The molecular formula is C11H18N2Si. The highest BCUT2D eigenvalue weighted by atomic mass is 28.3. The lowest BCUT2D eigenvalue weighted by Gasteiger charge is -2.32. The van der Waals surface area contributed by atoms with Crippen LogP contribution < -0.4 is 0 Å². The van der Waals surface area contributed by atoms with Crippen LogP contribution in [0, 0.1) is 5.41 Å². The number of benzene rings is 1. The number of hydrogen-bond donors (Lipinski definition) is 1. The summed E-state index contributed by atoms with van der Waals surface area (Å²) in [5.41, 5.74) is 0.998. The van der Waals surface area contributed by atoms with Crippen molar-refractivity contribution >= 4 is 14.1 Å². The van der Waals surface area contributed by atoms with E-state index in [0.717, 1.165) is 5.56 Å². The summed E-state index contributed by atoms with van der Waals surface area (Å²) in [7, 11) is 0.618. The smallest absolute Gasteiger partial charge is 0.149 e.